The molecule has 0 atom stereocenters. The lowest BCUT2D eigenvalue weighted by Crippen LogP contribution is -2.40. The number of rotatable bonds is 6. The molecule has 5 heteroatoms. The molecular weight excluding hydrogens is 316 g/mol. The van der Waals surface area contributed by atoms with E-state index < -0.39 is 0 Å². The van der Waals surface area contributed by atoms with Crippen LogP contribution in [0, 0.1) is 19.8 Å². The normalized spacial score (nSPS) is 15.7. The molecule has 0 bridgehead atoms. The maximum absolute atomic E-state index is 12.3. The highest BCUT2D eigenvalue weighted by atomic mass is 35.5. The molecule has 0 aliphatic carbocycles. The SMILES string of the molecule is CNCC1CCN(C(=O)CCCc2cc(C)sc2C)CC1.Cl. The third-order valence-corrected chi connectivity index (χ3v) is 5.45. The van der Waals surface area contributed by atoms with Crippen LogP contribution in [-0.2, 0) is 11.2 Å². The average Bonchev–Trinajstić information content (AvgIpc) is 2.78. The molecule has 1 N–H and O–H groups in total. The number of carbonyl (C=O) groups is 1. The number of likely N-dealkylation sites (tertiary alicyclic amines) is 1. The van der Waals surface area contributed by atoms with E-state index in [0.717, 1.165) is 51.2 Å². The van der Waals surface area contributed by atoms with Gasteiger partial charge in [-0.25, -0.2) is 0 Å². The van der Waals surface area contributed by atoms with Crippen LogP contribution in [0.3, 0.4) is 0 Å². The Kier molecular flexibility index (Phi) is 8.44. The van der Waals surface area contributed by atoms with Crippen molar-refractivity contribution in [2.75, 3.05) is 26.7 Å². The summed E-state index contributed by atoms with van der Waals surface area (Å²) < 4.78 is 0. The summed E-state index contributed by atoms with van der Waals surface area (Å²) >= 11 is 1.86. The molecule has 1 aliphatic heterocycles. The maximum atomic E-state index is 12.3. The highest BCUT2D eigenvalue weighted by molar-refractivity contribution is 7.12. The van der Waals surface area contributed by atoms with Gasteiger partial charge in [0, 0.05) is 29.3 Å². The van der Waals surface area contributed by atoms with Crippen LogP contribution in [0.25, 0.3) is 0 Å². The molecule has 22 heavy (non-hydrogen) atoms. The van der Waals surface area contributed by atoms with Gasteiger partial charge in [0.2, 0.25) is 5.91 Å². The Hall–Kier alpha value is -0.580. The second-order valence-corrected chi connectivity index (χ2v) is 7.63. The van der Waals surface area contributed by atoms with Crippen LogP contribution in [0.2, 0.25) is 0 Å². The summed E-state index contributed by atoms with van der Waals surface area (Å²) in [5, 5.41) is 3.24. The van der Waals surface area contributed by atoms with Crippen LogP contribution in [-0.4, -0.2) is 37.5 Å². The first-order valence-electron chi connectivity index (χ1n) is 8.08. The van der Waals surface area contributed by atoms with Crippen LogP contribution >= 0.6 is 23.7 Å². The number of piperidine rings is 1. The molecule has 0 saturated carbocycles. The highest BCUT2D eigenvalue weighted by Crippen LogP contribution is 2.23. The van der Waals surface area contributed by atoms with Gasteiger partial charge in [-0.3, -0.25) is 4.79 Å². The third-order valence-electron chi connectivity index (χ3n) is 4.44. The predicted octanol–water partition coefficient (Wildman–Crippen LogP) is 3.57. The fourth-order valence-corrected chi connectivity index (χ4v) is 4.17. The molecule has 126 valence electrons. The zero-order chi connectivity index (χ0) is 15.2. The Labute approximate surface area is 144 Å². The number of aryl methyl sites for hydroxylation is 3. The molecule has 1 aromatic heterocycles. The number of hydrogen-bond acceptors (Lipinski definition) is 3. The number of amides is 1. The van der Waals surface area contributed by atoms with E-state index in [4.69, 9.17) is 0 Å². The highest BCUT2D eigenvalue weighted by Gasteiger charge is 2.21. The summed E-state index contributed by atoms with van der Waals surface area (Å²) in [5.74, 6) is 1.10. The van der Waals surface area contributed by atoms with E-state index in [1.165, 1.54) is 15.3 Å². The Bertz CT molecular complexity index is 467. The number of nitrogens with zero attached hydrogens (tertiary/aromatic N) is 1. The second-order valence-electron chi connectivity index (χ2n) is 6.17. The number of carbonyl (C=O) groups excluding carboxylic acids is 1. The van der Waals surface area contributed by atoms with Crippen molar-refractivity contribution >= 4 is 29.7 Å². The van der Waals surface area contributed by atoms with Crippen LogP contribution < -0.4 is 5.32 Å². The summed E-state index contributed by atoms with van der Waals surface area (Å²) in [6.45, 7) is 7.31. The molecule has 1 aromatic rings. The van der Waals surface area contributed by atoms with Crippen molar-refractivity contribution in [3.63, 3.8) is 0 Å². The van der Waals surface area contributed by atoms with Crippen molar-refractivity contribution in [2.24, 2.45) is 5.92 Å². The Morgan fingerprint density at radius 2 is 2.05 bits per heavy atom. The average molecular weight is 345 g/mol. The van der Waals surface area contributed by atoms with Gasteiger partial charge in [-0.05, 0) is 70.7 Å². The lowest BCUT2D eigenvalue weighted by atomic mass is 9.96. The summed E-state index contributed by atoms with van der Waals surface area (Å²) in [5.41, 5.74) is 1.43. The number of hydrogen-bond donors (Lipinski definition) is 1. The van der Waals surface area contributed by atoms with Crippen molar-refractivity contribution in [3.05, 3.63) is 21.4 Å². The zero-order valence-corrected chi connectivity index (χ0v) is 15.6. The second kappa shape index (κ2) is 9.53. The Balaban J connectivity index is 0.00000242. The van der Waals surface area contributed by atoms with Gasteiger partial charge < -0.3 is 10.2 Å². The van der Waals surface area contributed by atoms with E-state index in [0.29, 0.717) is 12.3 Å². The number of halogens is 1. The van der Waals surface area contributed by atoms with Crippen LogP contribution in [0.5, 0.6) is 0 Å². The lowest BCUT2D eigenvalue weighted by Gasteiger charge is -2.32. The smallest absolute Gasteiger partial charge is 0.222 e. The van der Waals surface area contributed by atoms with Crippen LogP contribution in [0.15, 0.2) is 6.07 Å². The molecule has 0 radical (unpaired) electrons. The van der Waals surface area contributed by atoms with Gasteiger partial charge in [0.1, 0.15) is 0 Å². The van der Waals surface area contributed by atoms with Gasteiger partial charge >= 0.3 is 0 Å². The van der Waals surface area contributed by atoms with Gasteiger partial charge in [-0.1, -0.05) is 0 Å². The summed E-state index contributed by atoms with van der Waals surface area (Å²) in [7, 11) is 2.01. The van der Waals surface area contributed by atoms with Crippen LogP contribution in [0.1, 0.15) is 41.0 Å². The first-order valence-corrected chi connectivity index (χ1v) is 8.90. The van der Waals surface area contributed by atoms with Gasteiger partial charge in [0.25, 0.3) is 0 Å². The van der Waals surface area contributed by atoms with Gasteiger partial charge in [-0.15, -0.1) is 23.7 Å². The van der Waals surface area contributed by atoms with E-state index in [2.05, 4.69) is 30.1 Å². The van der Waals surface area contributed by atoms with E-state index in [9.17, 15) is 4.79 Å². The molecule has 2 rings (SSSR count). The molecule has 0 aromatic carbocycles. The van der Waals surface area contributed by atoms with Crippen molar-refractivity contribution < 1.29 is 4.79 Å². The van der Waals surface area contributed by atoms with Crippen molar-refractivity contribution in [3.8, 4) is 0 Å². The molecule has 2 heterocycles. The standard InChI is InChI=1S/C17H28N2OS.ClH/c1-13-11-16(14(2)21-13)5-4-6-17(20)19-9-7-15(8-10-19)12-18-3;/h11,15,18H,4-10,12H2,1-3H3;1H. The first-order chi connectivity index (χ1) is 10.1. The van der Waals surface area contributed by atoms with Gasteiger partial charge in [0.15, 0.2) is 0 Å². The third kappa shape index (κ3) is 5.56. The lowest BCUT2D eigenvalue weighted by molar-refractivity contribution is -0.132. The van der Waals surface area contributed by atoms with E-state index in [1.54, 1.807) is 0 Å². The first kappa shape index (κ1) is 19.5. The molecule has 0 spiro atoms. The van der Waals surface area contributed by atoms with Crippen molar-refractivity contribution in [1.29, 1.82) is 0 Å². The molecule has 1 saturated heterocycles. The van der Waals surface area contributed by atoms with E-state index >= 15 is 0 Å². The fourth-order valence-electron chi connectivity index (χ4n) is 3.20. The molecule has 1 aliphatic rings. The predicted molar refractivity (Wildman–Crippen MR) is 97.2 cm³/mol. The largest absolute Gasteiger partial charge is 0.343 e. The van der Waals surface area contributed by atoms with E-state index in [-0.39, 0.29) is 12.4 Å². The minimum absolute atomic E-state index is 0. The maximum Gasteiger partial charge on any atom is 0.222 e. The summed E-state index contributed by atoms with van der Waals surface area (Å²) in [6.07, 6.45) is 5.01. The molecule has 0 unspecified atom stereocenters. The van der Waals surface area contributed by atoms with Crippen molar-refractivity contribution in [1.82, 2.24) is 10.2 Å². The fraction of sp³-hybridized carbons (Fsp3) is 0.706. The minimum Gasteiger partial charge on any atom is -0.343 e. The number of thiophene rings is 1. The molecule has 1 amide bonds. The van der Waals surface area contributed by atoms with E-state index in [1.807, 2.05) is 18.4 Å². The van der Waals surface area contributed by atoms with Gasteiger partial charge in [-0.2, -0.15) is 0 Å². The summed E-state index contributed by atoms with van der Waals surface area (Å²) in [4.78, 5) is 17.1. The zero-order valence-electron chi connectivity index (χ0n) is 14.0. The number of nitrogens with one attached hydrogen (secondary N) is 1. The quantitative estimate of drug-likeness (QED) is 0.855. The van der Waals surface area contributed by atoms with Gasteiger partial charge in [0.05, 0.1) is 0 Å². The Morgan fingerprint density at radius 3 is 2.59 bits per heavy atom. The minimum atomic E-state index is 0. The summed E-state index contributed by atoms with van der Waals surface area (Å²) in [6, 6.07) is 2.27. The molecule has 1 fully saturated rings. The molecule has 3 nitrogen and oxygen atoms in total. The molecular formula is C17H29ClN2OS. The Morgan fingerprint density at radius 1 is 1.36 bits per heavy atom. The van der Waals surface area contributed by atoms with Crippen LogP contribution in [0.4, 0.5) is 0 Å². The van der Waals surface area contributed by atoms with Crippen molar-refractivity contribution in [2.45, 2.75) is 46.0 Å². The monoisotopic (exact) mass is 344 g/mol. The topological polar surface area (TPSA) is 32.3 Å².